The van der Waals surface area contributed by atoms with Crippen molar-refractivity contribution in [3.8, 4) is 0 Å². The third kappa shape index (κ3) is 4.72. The molecule has 3 N–H and O–H groups in total. The van der Waals surface area contributed by atoms with E-state index in [-0.39, 0.29) is 18.3 Å². The van der Waals surface area contributed by atoms with Gasteiger partial charge in [-0.25, -0.2) is 13.1 Å². The Bertz CT molecular complexity index is 174. The summed E-state index contributed by atoms with van der Waals surface area (Å²) in [6.45, 7) is 3.71. The summed E-state index contributed by atoms with van der Waals surface area (Å²) < 4.78 is 24.1. The summed E-state index contributed by atoms with van der Waals surface area (Å²) in [5.41, 5.74) is 5.07. The normalized spacial score (nSPS) is 12.4. The number of nitrogens with two attached hydrogens (primary N) is 1. The minimum absolute atomic E-state index is 0.00514. The fourth-order valence-corrected chi connectivity index (χ4v) is 1.72. The zero-order chi connectivity index (χ0) is 8.20. The van der Waals surface area contributed by atoms with Crippen molar-refractivity contribution < 1.29 is 8.42 Å². The Morgan fingerprint density at radius 1 is 1.50 bits per heavy atom. The van der Waals surface area contributed by atoms with Crippen molar-refractivity contribution >= 4 is 10.0 Å². The maximum Gasteiger partial charge on any atom is 0.213 e. The number of hydrogen-bond donors (Lipinski definition) is 2. The lowest BCUT2D eigenvalue weighted by Gasteiger charge is -2.07. The smallest absolute Gasteiger partial charge is 0.213 e. The van der Waals surface area contributed by atoms with Crippen LogP contribution in [0.2, 0.25) is 0 Å². The second-order valence-corrected chi connectivity index (χ2v) is 4.25. The van der Waals surface area contributed by atoms with Crippen LogP contribution in [0.25, 0.3) is 0 Å². The van der Waals surface area contributed by atoms with E-state index in [2.05, 4.69) is 4.72 Å². The van der Waals surface area contributed by atoms with Crippen molar-refractivity contribution in [2.24, 2.45) is 5.73 Å². The molecule has 0 aliphatic heterocycles. The van der Waals surface area contributed by atoms with Crippen LogP contribution < -0.4 is 10.5 Å². The molecule has 0 aromatic heterocycles. The van der Waals surface area contributed by atoms with Gasteiger partial charge in [0.1, 0.15) is 0 Å². The molecule has 0 amide bonds. The predicted octanol–water partition coefficient (Wildman–Crippen LogP) is -0.727. The first-order valence-corrected chi connectivity index (χ1v) is 4.83. The fraction of sp³-hybridized carbons (Fsp3) is 1.00. The summed E-state index contributed by atoms with van der Waals surface area (Å²) in [5, 5.41) is 0. The van der Waals surface area contributed by atoms with Gasteiger partial charge in [-0.2, -0.15) is 0 Å². The Hall–Kier alpha value is -0.130. The molecule has 5 heteroatoms. The van der Waals surface area contributed by atoms with Gasteiger partial charge in [0.15, 0.2) is 0 Å². The molecule has 0 rings (SSSR count). The van der Waals surface area contributed by atoms with E-state index in [0.717, 1.165) is 0 Å². The quantitative estimate of drug-likeness (QED) is 0.578. The molecule has 0 radical (unpaired) electrons. The Morgan fingerprint density at radius 2 is 2.00 bits per heavy atom. The lowest BCUT2D eigenvalue weighted by Crippen LogP contribution is -2.34. The molecule has 0 aromatic rings. The molecule has 4 nitrogen and oxygen atoms in total. The molecule has 62 valence electrons. The molecule has 0 fully saturated rings. The van der Waals surface area contributed by atoms with Crippen molar-refractivity contribution in [1.29, 1.82) is 0 Å². The topological polar surface area (TPSA) is 72.2 Å². The van der Waals surface area contributed by atoms with Gasteiger partial charge in [0.05, 0.1) is 5.75 Å². The van der Waals surface area contributed by atoms with Crippen LogP contribution in [-0.2, 0) is 10.0 Å². The lowest BCUT2D eigenvalue weighted by atomic mass is 10.4. The Balaban J connectivity index is 3.89. The van der Waals surface area contributed by atoms with Crippen molar-refractivity contribution in [1.82, 2.24) is 4.72 Å². The predicted molar refractivity (Wildman–Crippen MR) is 41.1 cm³/mol. The maximum atomic E-state index is 10.8. The first-order chi connectivity index (χ1) is 4.48. The molecule has 0 bridgehead atoms. The molecule has 0 atom stereocenters. The second kappa shape index (κ2) is 3.90. The van der Waals surface area contributed by atoms with Gasteiger partial charge in [-0.1, -0.05) is 0 Å². The van der Waals surface area contributed by atoms with E-state index >= 15 is 0 Å². The van der Waals surface area contributed by atoms with Crippen LogP contribution in [0, 0.1) is 0 Å². The molecule has 0 saturated carbocycles. The van der Waals surface area contributed by atoms with Crippen molar-refractivity contribution in [3.05, 3.63) is 0 Å². The van der Waals surface area contributed by atoms with Gasteiger partial charge in [0.2, 0.25) is 10.0 Å². The largest absolute Gasteiger partial charge is 0.329 e. The van der Waals surface area contributed by atoms with Gasteiger partial charge in [-0.3, -0.25) is 0 Å². The molecule has 0 aliphatic rings. The minimum Gasteiger partial charge on any atom is -0.329 e. The van der Waals surface area contributed by atoms with Crippen LogP contribution in [0.15, 0.2) is 0 Å². The first-order valence-electron chi connectivity index (χ1n) is 3.18. The summed E-state index contributed by atoms with van der Waals surface area (Å²) in [6.07, 6.45) is 0. The SMILES string of the molecule is CC(C)NS(=O)(=O)CCN. The monoisotopic (exact) mass is 166 g/mol. The molecule has 0 saturated heterocycles. The van der Waals surface area contributed by atoms with E-state index in [1.165, 1.54) is 0 Å². The van der Waals surface area contributed by atoms with Gasteiger partial charge in [-0.15, -0.1) is 0 Å². The molecule has 10 heavy (non-hydrogen) atoms. The lowest BCUT2D eigenvalue weighted by molar-refractivity contribution is 0.570. The van der Waals surface area contributed by atoms with E-state index < -0.39 is 10.0 Å². The Kier molecular flexibility index (Phi) is 3.85. The van der Waals surface area contributed by atoms with Crippen LogP contribution in [0.3, 0.4) is 0 Å². The summed E-state index contributed by atoms with van der Waals surface area (Å²) in [4.78, 5) is 0. The summed E-state index contributed by atoms with van der Waals surface area (Å²) in [5.74, 6) is 0.00514. The van der Waals surface area contributed by atoms with E-state index in [0.29, 0.717) is 0 Å². The number of nitrogens with one attached hydrogen (secondary N) is 1. The maximum absolute atomic E-state index is 10.8. The molecular formula is C5H14N2O2S. The van der Waals surface area contributed by atoms with Gasteiger partial charge in [-0.05, 0) is 13.8 Å². The third-order valence-electron chi connectivity index (χ3n) is 0.802. The van der Waals surface area contributed by atoms with Crippen LogP contribution in [0.4, 0.5) is 0 Å². The third-order valence-corrected chi connectivity index (χ3v) is 2.41. The van der Waals surface area contributed by atoms with Gasteiger partial charge in [0, 0.05) is 12.6 Å². The number of sulfonamides is 1. The average Bonchev–Trinajstić information content (AvgIpc) is 1.59. The zero-order valence-corrected chi connectivity index (χ0v) is 7.11. The molecule has 0 aliphatic carbocycles. The van der Waals surface area contributed by atoms with Crippen LogP contribution in [-0.4, -0.2) is 26.8 Å². The van der Waals surface area contributed by atoms with Gasteiger partial charge in [0.25, 0.3) is 0 Å². The summed E-state index contributed by atoms with van der Waals surface area (Å²) in [7, 11) is -3.11. The fourth-order valence-electron chi connectivity index (χ4n) is 0.573. The molecule has 0 heterocycles. The van der Waals surface area contributed by atoms with Crippen LogP contribution in [0.5, 0.6) is 0 Å². The van der Waals surface area contributed by atoms with Crippen LogP contribution >= 0.6 is 0 Å². The number of hydrogen-bond acceptors (Lipinski definition) is 3. The summed E-state index contributed by atoms with van der Waals surface area (Å²) in [6, 6.07) is -0.0449. The number of rotatable bonds is 4. The minimum atomic E-state index is -3.11. The van der Waals surface area contributed by atoms with E-state index in [9.17, 15) is 8.42 Å². The molecule has 0 aromatic carbocycles. The van der Waals surface area contributed by atoms with E-state index in [1.54, 1.807) is 13.8 Å². The highest BCUT2D eigenvalue weighted by Gasteiger charge is 2.08. The molecule has 0 unspecified atom stereocenters. The highest BCUT2D eigenvalue weighted by atomic mass is 32.2. The first kappa shape index (κ1) is 9.87. The highest BCUT2D eigenvalue weighted by molar-refractivity contribution is 7.89. The van der Waals surface area contributed by atoms with Crippen molar-refractivity contribution in [2.45, 2.75) is 19.9 Å². The van der Waals surface area contributed by atoms with Crippen molar-refractivity contribution in [3.63, 3.8) is 0 Å². The zero-order valence-electron chi connectivity index (χ0n) is 6.29. The van der Waals surface area contributed by atoms with Gasteiger partial charge >= 0.3 is 0 Å². The van der Waals surface area contributed by atoms with E-state index in [1.807, 2.05) is 0 Å². The van der Waals surface area contributed by atoms with Gasteiger partial charge < -0.3 is 5.73 Å². The molecular weight excluding hydrogens is 152 g/mol. The van der Waals surface area contributed by atoms with Crippen molar-refractivity contribution in [2.75, 3.05) is 12.3 Å². The standard InChI is InChI=1S/C5H14N2O2S/c1-5(2)7-10(8,9)4-3-6/h5,7H,3-4,6H2,1-2H3. The second-order valence-electron chi connectivity index (χ2n) is 2.38. The highest BCUT2D eigenvalue weighted by Crippen LogP contribution is 1.85. The average molecular weight is 166 g/mol. The summed E-state index contributed by atoms with van der Waals surface area (Å²) >= 11 is 0. The van der Waals surface area contributed by atoms with Crippen LogP contribution in [0.1, 0.15) is 13.8 Å². The van der Waals surface area contributed by atoms with E-state index in [4.69, 9.17) is 5.73 Å². The molecule has 0 spiro atoms. The Morgan fingerprint density at radius 3 is 2.30 bits per heavy atom. The Labute approximate surface area is 61.8 Å².